The van der Waals surface area contributed by atoms with Gasteiger partial charge in [0.2, 0.25) is 5.88 Å². The van der Waals surface area contributed by atoms with Crippen molar-refractivity contribution in [3.8, 4) is 5.88 Å². The first-order valence-electron chi connectivity index (χ1n) is 5.27. The van der Waals surface area contributed by atoms with Gasteiger partial charge in [-0.2, -0.15) is 13.4 Å². The van der Waals surface area contributed by atoms with E-state index in [9.17, 15) is 13.2 Å². The summed E-state index contributed by atoms with van der Waals surface area (Å²) in [6.45, 7) is 3.31. The highest BCUT2D eigenvalue weighted by Crippen LogP contribution is 2.21. The molecule has 0 aliphatic rings. The van der Waals surface area contributed by atoms with Crippen LogP contribution in [0.5, 0.6) is 5.88 Å². The lowest BCUT2D eigenvalue weighted by Crippen LogP contribution is -2.21. The Morgan fingerprint density at radius 3 is 2.58 bits per heavy atom. The molecule has 0 aliphatic heterocycles. The first-order valence-corrected chi connectivity index (χ1v) is 7.88. The van der Waals surface area contributed by atoms with Crippen molar-refractivity contribution in [3.63, 3.8) is 0 Å². The number of nitrogens with zero attached hydrogens (tertiary/aromatic N) is 2. The van der Waals surface area contributed by atoms with Gasteiger partial charge < -0.3 is 4.18 Å². The van der Waals surface area contributed by atoms with Gasteiger partial charge in [0, 0.05) is 6.20 Å². The van der Waals surface area contributed by atoms with Gasteiger partial charge >= 0.3 is 10.1 Å². The van der Waals surface area contributed by atoms with Crippen LogP contribution < -0.4 is 9.74 Å². The highest BCUT2D eigenvalue weighted by Gasteiger charge is 2.16. The quantitative estimate of drug-likeness (QED) is 0.768. The molecule has 0 unspecified atom stereocenters. The van der Waals surface area contributed by atoms with Crippen LogP contribution in [0.1, 0.15) is 11.1 Å². The molecule has 2 aromatic rings. The normalized spacial score (nSPS) is 11.8. The van der Waals surface area contributed by atoms with Crippen molar-refractivity contribution in [3.05, 3.63) is 38.2 Å². The predicted octanol–water partition coefficient (Wildman–Crippen LogP) is 1.41. The lowest BCUT2D eigenvalue weighted by Gasteiger charge is -2.09. The van der Waals surface area contributed by atoms with Crippen molar-refractivity contribution in [2.24, 2.45) is 0 Å². The lowest BCUT2D eigenvalue weighted by molar-refractivity contribution is 0.479. The summed E-state index contributed by atoms with van der Waals surface area (Å²) in [5, 5.41) is 0. The summed E-state index contributed by atoms with van der Waals surface area (Å²) in [4.78, 5) is 16.2. The second-order valence-corrected chi connectivity index (χ2v) is 6.62. The van der Waals surface area contributed by atoms with E-state index >= 15 is 0 Å². The van der Waals surface area contributed by atoms with Gasteiger partial charge in [0.05, 0.1) is 16.3 Å². The molecule has 0 fully saturated rings. The van der Waals surface area contributed by atoms with Crippen LogP contribution >= 0.6 is 15.9 Å². The van der Waals surface area contributed by atoms with Crippen LogP contribution in [0.25, 0.3) is 5.65 Å². The monoisotopic (exact) mass is 346 g/mol. The fraction of sp³-hybridized carbons (Fsp3) is 0.273. The molecule has 0 bridgehead atoms. The molecule has 2 heterocycles. The van der Waals surface area contributed by atoms with Crippen LogP contribution in [0.15, 0.2) is 21.5 Å². The molecule has 102 valence electrons. The summed E-state index contributed by atoms with van der Waals surface area (Å²) in [5.41, 5.74) is 0.952. The van der Waals surface area contributed by atoms with Crippen LogP contribution in [-0.4, -0.2) is 24.1 Å². The van der Waals surface area contributed by atoms with Gasteiger partial charge in [-0.25, -0.2) is 0 Å². The Bertz CT molecular complexity index is 827. The largest absolute Gasteiger partial charge is 0.361 e. The van der Waals surface area contributed by atoms with Gasteiger partial charge in [0.25, 0.3) is 5.56 Å². The number of halogens is 1. The number of rotatable bonds is 2. The highest BCUT2D eigenvalue weighted by molar-refractivity contribution is 9.10. The molecule has 0 aromatic carbocycles. The van der Waals surface area contributed by atoms with Crippen LogP contribution in [0.3, 0.4) is 0 Å². The van der Waals surface area contributed by atoms with Crippen molar-refractivity contribution in [1.29, 1.82) is 0 Å². The summed E-state index contributed by atoms with van der Waals surface area (Å²) >= 11 is 3.29. The van der Waals surface area contributed by atoms with Gasteiger partial charge in [0.1, 0.15) is 0 Å². The second kappa shape index (κ2) is 4.61. The smallest absolute Gasteiger partial charge is 0.307 e. The first kappa shape index (κ1) is 14.0. The molecule has 0 saturated carbocycles. The number of pyridine rings is 1. The molecular formula is C11H11BrN2O4S. The summed E-state index contributed by atoms with van der Waals surface area (Å²) in [7, 11) is -3.73. The maximum Gasteiger partial charge on any atom is 0.307 e. The van der Waals surface area contributed by atoms with E-state index in [1.165, 1.54) is 11.3 Å². The standard InChI is InChI=1S/C11H11BrN2O4S/c1-6-4-8(12)9-13-10(18-19(3,16)17)7(2)11(15)14(9)5-6/h4-5H,1-3H3. The lowest BCUT2D eigenvalue weighted by atomic mass is 10.3. The predicted molar refractivity (Wildman–Crippen MR) is 74.1 cm³/mol. The van der Waals surface area contributed by atoms with Gasteiger partial charge in [0.15, 0.2) is 5.65 Å². The SMILES string of the molecule is Cc1cc(Br)c2nc(OS(C)(=O)=O)c(C)c(=O)n2c1. The van der Waals surface area contributed by atoms with Crippen LogP contribution in [0.2, 0.25) is 0 Å². The van der Waals surface area contributed by atoms with Crippen molar-refractivity contribution in [2.75, 3.05) is 6.26 Å². The zero-order chi connectivity index (χ0) is 14.4. The molecule has 0 atom stereocenters. The van der Waals surface area contributed by atoms with E-state index in [4.69, 9.17) is 4.18 Å². The Kier molecular flexibility index (Phi) is 3.40. The van der Waals surface area contributed by atoms with Crippen molar-refractivity contribution in [1.82, 2.24) is 9.38 Å². The van der Waals surface area contributed by atoms with E-state index in [1.807, 2.05) is 6.92 Å². The number of hydrogen-bond donors (Lipinski definition) is 0. The third kappa shape index (κ3) is 2.79. The Hall–Kier alpha value is -1.41. The summed E-state index contributed by atoms with van der Waals surface area (Å²) in [6, 6.07) is 1.78. The van der Waals surface area contributed by atoms with Gasteiger partial charge in [-0.15, -0.1) is 0 Å². The Morgan fingerprint density at radius 1 is 1.37 bits per heavy atom. The highest BCUT2D eigenvalue weighted by atomic mass is 79.9. The van der Waals surface area contributed by atoms with Crippen LogP contribution in [0.4, 0.5) is 0 Å². The fourth-order valence-corrected chi connectivity index (χ4v) is 2.71. The van der Waals surface area contributed by atoms with E-state index in [-0.39, 0.29) is 17.0 Å². The van der Waals surface area contributed by atoms with Gasteiger partial charge in [-0.1, -0.05) is 0 Å². The molecule has 0 saturated heterocycles. The molecule has 0 amide bonds. The van der Waals surface area contributed by atoms with Crippen LogP contribution in [-0.2, 0) is 10.1 Å². The second-order valence-electron chi connectivity index (χ2n) is 4.19. The van der Waals surface area contributed by atoms with Gasteiger partial charge in [-0.3, -0.25) is 9.20 Å². The summed E-state index contributed by atoms with van der Waals surface area (Å²) < 4.78 is 29.0. The minimum absolute atomic E-state index is 0.139. The topological polar surface area (TPSA) is 77.7 Å². The molecule has 6 nitrogen and oxygen atoms in total. The van der Waals surface area contributed by atoms with Crippen molar-refractivity contribution < 1.29 is 12.6 Å². The van der Waals surface area contributed by atoms with Crippen molar-refractivity contribution in [2.45, 2.75) is 13.8 Å². The first-order chi connectivity index (χ1) is 8.69. The molecule has 2 aromatic heterocycles. The number of aromatic nitrogens is 2. The van der Waals surface area contributed by atoms with E-state index in [0.29, 0.717) is 10.1 Å². The van der Waals surface area contributed by atoms with E-state index in [2.05, 4.69) is 20.9 Å². The molecule has 2 rings (SSSR count). The average molecular weight is 347 g/mol. The zero-order valence-corrected chi connectivity index (χ0v) is 12.9. The molecule has 0 N–H and O–H groups in total. The molecule has 0 aliphatic carbocycles. The third-order valence-corrected chi connectivity index (χ3v) is 3.47. The minimum atomic E-state index is -3.73. The third-order valence-electron chi connectivity index (χ3n) is 2.43. The molecule has 0 spiro atoms. The fourth-order valence-electron chi connectivity index (χ4n) is 1.62. The molecular weight excluding hydrogens is 336 g/mol. The Morgan fingerprint density at radius 2 is 2.00 bits per heavy atom. The summed E-state index contributed by atoms with van der Waals surface area (Å²) in [5.74, 6) is -0.197. The van der Waals surface area contributed by atoms with E-state index in [0.717, 1.165) is 11.8 Å². The minimum Gasteiger partial charge on any atom is -0.361 e. The Balaban J connectivity index is 2.84. The number of fused-ring (bicyclic) bond motifs is 1. The van der Waals surface area contributed by atoms with E-state index < -0.39 is 10.1 Å². The van der Waals surface area contributed by atoms with Gasteiger partial charge in [-0.05, 0) is 41.4 Å². The maximum absolute atomic E-state index is 12.2. The summed E-state index contributed by atoms with van der Waals surface area (Å²) in [6.07, 6.45) is 2.53. The van der Waals surface area contributed by atoms with Crippen molar-refractivity contribution >= 4 is 31.7 Å². The molecule has 0 radical (unpaired) electrons. The number of aryl methyl sites for hydroxylation is 1. The molecule has 8 heteroatoms. The zero-order valence-electron chi connectivity index (χ0n) is 10.5. The number of hydrogen-bond acceptors (Lipinski definition) is 5. The van der Waals surface area contributed by atoms with Crippen LogP contribution in [0, 0.1) is 13.8 Å². The van der Waals surface area contributed by atoms with E-state index in [1.54, 1.807) is 12.3 Å². The average Bonchev–Trinajstić information content (AvgIpc) is 2.25. The maximum atomic E-state index is 12.2. The Labute approximate surface area is 118 Å². The molecule has 19 heavy (non-hydrogen) atoms.